The number of hydrogen-bond donors (Lipinski definition) is 2. The van der Waals surface area contributed by atoms with Crippen LogP contribution in [-0.4, -0.2) is 31.4 Å². The van der Waals surface area contributed by atoms with Crippen molar-refractivity contribution in [3.05, 3.63) is 44.4 Å². The van der Waals surface area contributed by atoms with Gasteiger partial charge >= 0.3 is 0 Å². The highest BCUT2D eigenvalue weighted by molar-refractivity contribution is 9.10. The molecule has 2 N–H and O–H groups in total. The normalized spacial score (nSPS) is 11.3. The van der Waals surface area contributed by atoms with E-state index in [0.29, 0.717) is 10.3 Å². The Hall–Kier alpha value is -1.56. The maximum atomic E-state index is 11.9. The largest absolute Gasteiger partial charge is 0.368 e. The fourth-order valence-corrected chi connectivity index (χ4v) is 4.06. The first kappa shape index (κ1) is 16.8. The molecule has 0 saturated carbocycles. The molecule has 0 fully saturated rings. The van der Waals surface area contributed by atoms with Crippen molar-refractivity contribution in [3.8, 4) is 0 Å². The van der Waals surface area contributed by atoms with Gasteiger partial charge in [0.1, 0.15) is 16.2 Å². The minimum Gasteiger partial charge on any atom is -0.368 e. The molecule has 2 heterocycles. The van der Waals surface area contributed by atoms with Gasteiger partial charge in [0.25, 0.3) is 5.69 Å². The van der Waals surface area contributed by atoms with Crippen LogP contribution in [-0.2, 0) is 10.0 Å². The third kappa shape index (κ3) is 4.22. The molecule has 118 valence electrons. The van der Waals surface area contributed by atoms with Crippen molar-refractivity contribution in [2.45, 2.75) is 4.21 Å². The van der Waals surface area contributed by atoms with Gasteiger partial charge in [0.2, 0.25) is 10.0 Å². The number of nitrogens with one attached hydrogen (secondary N) is 2. The van der Waals surface area contributed by atoms with E-state index in [1.807, 2.05) is 0 Å². The summed E-state index contributed by atoms with van der Waals surface area (Å²) in [6.45, 7) is 0.444. The van der Waals surface area contributed by atoms with Crippen LogP contribution in [0.15, 0.2) is 38.5 Å². The summed E-state index contributed by atoms with van der Waals surface area (Å²) >= 11 is 4.31. The summed E-state index contributed by atoms with van der Waals surface area (Å²) in [6.07, 6.45) is 1.13. The molecule has 0 aliphatic carbocycles. The Balaban J connectivity index is 1.88. The molecule has 0 saturated heterocycles. The molecule has 22 heavy (non-hydrogen) atoms. The van der Waals surface area contributed by atoms with Crippen LogP contribution in [0.4, 0.5) is 11.5 Å². The molecule has 0 aliphatic heterocycles. The highest BCUT2D eigenvalue weighted by Gasteiger charge is 2.14. The molecule has 0 spiro atoms. The van der Waals surface area contributed by atoms with Crippen LogP contribution in [0.25, 0.3) is 0 Å². The van der Waals surface area contributed by atoms with Gasteiger partial charge in [0.15, 0.2) is 0 Å². The van der Waals surface area contributed by atoms with E-state index in [1.54, 1.807) is 11.4 Å². The third-order valence-corrected chi connectivity index (χ3v) is 5.97. The van der Waals surface area contributed by atoms with Gasteiger partial charge in [-0.1, -0.05) is 6.07 Å². The van der Waals surface area contributed by atoms with E-state index >= 15 is 0 Å². The number of thiophene rings is 1. The van der Waals surface area contributed by atoms with Gasteiger partial charge in [-0.25, -0.2) is 18.1 Å². The number of pyridine rings is 1. The van der Waals surface area contributed by atoms with Gasteiger partial charge in [-0.15, -0.1) is 11.3 Å². The fraction of sp³-hybridized carbons (Fsp3) is 0.182. The van der Waals surface area contributed by atoms with Gasteiger partial charge in [-0.2, -0.15) is 0 Å². The monoisotopic (exact) mass is 406 g/mol. The third-order valence-electron chi connectivity index (χ3n) is 2.51. The lowest BCUT2D eigenvalue weighted by molar-refractivity contribution is -0.385. The molecule has 2 aromatic rings. The molecule has 8 nitrogen and oxygen atoms in total. The van der Waals surface area contributed by atoms with Crippen molar-refractivity contribution >= 4 is 48.8 Å². The van der Waals surface area contributed by atoms with Crippen LogP contribution in [0.5, 0.6) is 0 Å². The molecule has 0 bridgehead atoms. The zero-order valence-electron chi connectivity index (χ0n) is 11.0. The molecule has 0 atom stereocenters. The molecular weight excluding hydrogens is 396 g/mol. The number of halogens is 1. The second-order valence-electron chi connectivity index (χ2n) is 4.04. The summed E-state index contributed by atoms with van der Waals surface area (Å²) in [7, 11) is -3.49. The Kier molecular flexibility index (Phi) is 5.45. The lowest BCUT2D eigenvalue weighted by atomic mass is 10.4. The van der Waals surface area contributed by atoms with E-state index in [4.69, 9.17) is 0 Å². The molecular formula is C11H11BrN4O4S2. The van der Waals surface area contributed by atoms with Gasteiger partial charge in [0, 0.05) is 19.2 Å². The van der Waals surface area contributed by atoms with Crippen molar-refractivity contribution < 1.29 is 13.3 Å². The van der Waals surface area contributed by atoms with Crippen molar-refractivity contribution in [2.24, 2.45) is 0 Å². The molecule has 0 aliphatic rings. The summed E-state index contributed by atoms with van der Waals surface area (Å²) in [5, 5.41) is 15.2. The quantitative estimate of drug-likeness (QED) is 0.413. The van der Waals surface area contributed by atoms with Crippen LogP contribution in [0.1, 0.15) is 0 Å². The zero-order chi connectivity index (χ0) is 16.2. The second-order valence-corrected chi connectivity index (χ2v) is 7.83. The van der Waals surface area contributed by atoms with Crippen molar-refractivity contribution in [2.75, 3.05) is 18.4 Å². The Morgan fingerprint density at radius 1 is 1.41 bits per heavy atom. The van der Waals surface area contributed by atoms with E-state index in [9.17, 15) is 18.5 Å². The van der Waals surface area contributed by atoms with Gasteiger partial charge < -0.3 is 5.32 Å². The average Bonchev–Trinajstić information content (AvgIpc) is 2.99. The number of hydrogen-bond acceptors (Lipinski definition) is 7. The van der Waals surface area contributed by atoms with E-state index in [-0.39, 0.29) is 23.0 Å². The molecule has 11 heteroatoms. The van der Waals surface area contributed by atoms with Gasteiger partial charge in [0.05, 0.1) is 9.40 Å². The standard InChI is InChI=1S/C11H11BrN4O4S2/c12-9-6-8(16(17)18)7-14-11(9)13-3-4-15-22(19,20)10-2-1-5-21-10/h1-2,5-7,15H,3-4H2,(H,13,14). The first-order valence-corrected chi connectivity index (χ1v) is 9.13. The highest BCUT2D eigenvalue weighted by Crippen LogP contribution is 2.24. The van der Waals surface area contributed by atoms with Crippen molar-refractivity contribution in [1.29, 1.82) is 0 Å². The SMILES string of the molecule is O=[N+]([O-])c1cnc(NCCNS(=O)(=O)c2cccs2)c(Br)c1. The molecule has 0 aromatic carbocycles. The van der Waals surface area contributed by atoms with Crippen LogP contribution in [0, 0.1) is 10.1 Å². The number of nitrogens with zero attached hydrogens (tertiary/aromatic N) is 2. The van der Waals surface area contributed by atoms with Crippen molar-refractivity contribution in [3.63, 3.8) is 0 Å². The summed E-state index contributed by atoms with van der Waals surface area (Å²) in [4.78, 5) is 14.0. The molecule has 0 amide bonds. The number of sulfonamides is 1. The van der Waals surface area contributed by atoms with E-state index in [1.165, 1.54) is 12.1 Å². The van der Waals surface area contributed by atoms with Crippen LogP contribution >= 0.6 is 27.3 Å². The Morgan fingerprint density at radius 3 is 2.77 bits per heavy atom. The number of aromatic nitrogens is 1. The summed E-state index contributed by atoms with van der Waals surface area (Å²) < 4.78 is 26.9. The van der Waals surface area contributed by atoms with Crippen LogP contribution in [0.3, 0.4) is 0 Å². The summed E-state index contributed by atoms with van der Waals surface area (Å²) in [5.74, 6) is 0.404. The first-order valence-electron chi connectivity index (χ1n) is 5.97. The minimum atomic E-state index is -3.49. The molecule has 2 rings (SSSR count). The second kappa shape index (κ2) is 7.13. The van der Waals surface area contributed by atoms with E-state index in [0.717, 1.165) is 17.5 Å². The predicted molar refractivity (Wildman–Crippen MR) is 86.6 cm³/mol. The van der Waals surface area contributed by atoms with E-state index < -0.39 is 14.9 Å². The van der Waals surface area contributed by atoms with Crippen LogP contribution in [0.2, 0.25) is 0 Å². The summed E-state index contributed by atoms with van der Waals surface area (Å²) in [5.41, 5.74) is -0.129. The maximum absolute atomic E-state index is 11.9. The topological polar surface area (TPSA) is 114 Å². The first-order chi connectivity index (χ1) is 10.4. The predicted octanol–water partition coefficient (Wildman–Crippen LogP) is 2.20. The summed E-state index contributed by atoms with van der Waals surface area (Å²) in [6, 6.07) is 4.51. The lowest BCUT2D eigenvalue weighted by Gasteiger charge is -2.08. The van der Waals surface area contributed by atoms with Gasteiger partial charge in [-0.05, 0) is 27.4 Å². The van der Waals surface area contributed by atoms with Gasteiger partial charge in [-0.3, -0.25) is 10.1 Å². The number of nitro groups is 1. The molecule has 2 aromatic heterocycles. The Morgan fingerprint density at radius 2 is 2.18 bits per heavy atom. The minimum absolute atomic E-state index is 0.129. The molecule has 0 unspecified atom stereocenters. The number of anilines is 1. The highest BCUT2D eigenvalue weighted by atomic mass is 79.9. The van der Waals surface area contributed by atoms with E-state index in [2.05, 4.69) is 31.0 Å². The zero-order valence-corrected chi connectivity index (χ0v) is 14.2. The van der Waals surface area contributed by atoms with Crippen LogP contribution < -0.4 is 10.0 Å². The maximum Gasteiger partial charge on any atom is 0.288 e. The molecule has 0 radical (unpaired) electrons. The van der Waals surface area contributed by atoms with Crippen molar-refractivity contribution in [1.82, 2.24) is 9.71 Å². The fourth-order valence-electron chi connectivity index (χ4n) is 1.51. The Labute approximate surface area is 138 Å². The number of rotatable bonds is 7. The Bertz CT molecular complexity index is 764. The lowest BCUT2D eigenvalue weighted by Crippen LogP contribution is -2.28. The smallest absolute Gasteiger partial charge is 0.288 e. The average molecular weight is 407 g/mol.